The minimum Gasteiger partial charge on any atom is -0.440 e. The highest BCUT2D eigenvalue weighted by atomic mass is 16.4. The van der Waals surface area contributed by atoms with Crippen LogP contribution in [0.15, 0.2) is 59.0 Å². The maximum absolute atomic E-state index is 13.0. The Morgan fingerprint density at radius 2 is 1.82 bits per heavy atom. The minimum atomic E-state index is -0.254. The van der Waals surface area contributed by atoms with Crippen LogP contribution in [0.2, 0.25) is 0 Å². The van der Waals surface area contributed by atoms with Crippen LogP contribution in [0.1, 0.15) is 53.4 Å². The summed E-state index contributed by atoms with van der Waals surface area (Å²) in [6, 6.07) is 17.5. The van der Waals surface area contributed by atoms with E-state index in [-0.39, 0.29) is 23.7 Å². The summed E-state index contributed by atoms with van der Waals surface area (Å²) < 4.78 is 6.00. The molecule has 1 atom stereocenters. The molecule has 7 nitrogen and oxygen atoms in total. The highest BCUT2D eigenvalue weighted by Crippen LogP contribution is 2.43. The molecule has 1 aliphatic carbocycles. The van der Waals surface area contributed by atoms with Gasteiger partial charge in [-0.1, -0.05) is 30.3 Å². The average Bonchev–Trinajstić information content (AvgIpc) is 3.59. The molecule has 3 N–H and O–H groups in total. The summed E-state index contributed by atoms with van der Waals surface area (Å²) in [5, 5.41) is 2.96. The number of likely N-dealkylation sites (tertiary alicyclic amines) is 1. The van der Waals surface area contributed by atoms with Crippen LogP contribution in [0, 0.1) is 5.92 Å². The lowest BCUT2D eigenvalue weighted by Gasteiger charge is -2.31. The number of rotatable bonds is 7. The third kappa shape index (κ3) is 4.98. The van der Waals surface area contributed by atoms with Crippen molar-refractivity contribution in [3.05, 3.63) is 71.6 Å². The fourth-order valence-corrected chi connectivity index (χ4v) is 4.39. The zero-order chi connectivity index (χ0) is 22.8. The molecule has 0 spiro atoms. The van der Waals surface area contributed by atoms with E-state index in [0.29, 0.717) is 29.6 Å². The van der Waals surface area contributed by atoms with Crippen molar-refractivity contribution in [2.24, 2.45) is 11.7 Å². The number of benzene rings is 2. The van der Waals surface area contributed by atoms with Crippen molar-refractivity contribution in [3.63, 3.8) is 0 Å². The number of oxazole rings is 1. The van der Waals surface area contributed by atoms with Crippen molar-refractivity contribution in [1.29, 1.82) is 0 Å². The molecule has 1 saturated heterocycles. The normalized spacial score (nSPS) is 18.7. The molecule has 33 heavy (non-hydrogen) atoms. The van der Waals surface area contributed by atoms with E-state index < -0.39 is 0 Å². The molecule has 3 aromatic rings. The molecule has 2 aromatic carbocycles. The first-order valence-electron chi connectivity index (χ1n) is 11.5. The molecule has 2 amide bonds. The smallest absolute Gasteiger partial charge is 0.277 e. The third-order valence-electron chi connectivity index (χ3n) is 6.36. The van der Waals surface area contributed by atoms with Gasteiger partial charge in [-0.05, 0) is 62.1 Å². The van der Waals surface area contributed by atoms with Gasteiger partial charge in [0.2, 0.25) is 11.8 Å². The van der Waals surface area contributed by atoms with Crippen molar-refractivity contribution in [2.75, 3.05) is 18.4 Å². The fourth-order valence-electron chi connectivity index (χ4n) is 4.39. The molecule has 5 rings (SSSR count). The molecule has 1 saturated carbocycles. The number of carbonyl (C=O) groups excluding carboxylic acids is 2. The van der Waals surface area contributed by atoms with Crippen LogP contribution in [-0.2, 0) is 11.3 Å². The van der Waals surface area contributed by atoms with E-state index in [4.69, 9.17) is 10.2 Å². The lowest BCUT2D eigenvalue weighted by Crippen LogP contribution is -2.40. The Bertz CT molecular complexity index is 1140. The number of nitrogens with one attached hydrogen (secondary N) is 1. The summed E-state index contributed by atoms with van der Waals surface area (Å²) in [6.45, 7) is 2.42. The zero-order valence-electron chi connectivity index (χ0n) is 18.5. The van der Waals surface area contributed by atoms with E-state index >= 15 is 0 Å². The molecular formula is C26H28N4O3. The second-order valence-electron chi connectivity index (χ2n) is 9.00. The van der Waals surface area contributed by atoms with Gasteiger partial charge in [-0.3, -0.25) is 14.5 Å². The summed E-state index contributed by atoms with van der Waals surface area (Å²) in [4.78, 5) is 31.3. The van der Waals surface area contributed by atoms with E-state index in [1.807, 2.05) is 54.6 Å². The first-order chi connectivity index (χ1) is 16.1. The standard InChI is InChI=1S/C26H28N4O3/c27-24(31)20-7-4-14-30(16-20)15-17-8-12-21(13-9-17)28-25(32)22-23(18-10-11-18)33-26(29-22)19-5-2-1-3-6-19/h1-3,5-6,8-9,12-13,18,20H,4,7,10-11,14-16H2,(H2,27,31)(H,28,32). The number of nitrogens with zero attached hydrogens (tertiary/aromatic N) is 2. The largest absolute Gasteiger partial charge is 0.440 e. The van der Waals surface area contributed by atoms with Gasteiger partial charge >= 0.3 is 0 Å². The highest BCUT2D eigenvalue weighted by molar-refractivity contribution is 6.04. The summed E-state index contributed by atoms with van der Waals surface area (Å²) in [5.41, 5.74) is 8.55. The second kappa shape index (κ2) is 9.19. The number of piperidine rings is 1. The number of anilines is 1. The molecule has 2 fully saturated rings. The summed E-state index contributed by atoms with van der Waals surface area (Å²) in [7, 11) is 0. The zero-order valence-corrected chi connectivity index (χ0v) is 18.5. The van der Waals surface area contributed by atoms with Gasteiger partial charge in [-0.15, -0.1) is 0 Å². The Morgan fingerprint density at radius 1 is 1.06 bits per heavy atom. The number of aromatic nitrogens is 1. The van der Waals surface area contributed by atoms with Gasteiger partial charge in [0.1, 0.15) is 5.76 Å². The van der Waals surface area contributed by atoms with Gasteiger partial charge < -0.3 is 15.5 Å². The molecular weight excluding hydrogens is 416 g/mol. The molecule has 7 heteroatoms. The summed E-state index contributed by atoms with van der Waals surface area (Å²) >= 11 is 0. The van der Waals surface area contributed by atoms with Crippen molar-refractivity contribution < 1.29 is 14.0 Å². The number of nitrogens with two attached hydrogens (primary N) is 1. The Kier molecular flexibility index (Phi) is 5.96. The Labute approximate surface area is 193 Å². The van der Waals surface area contributed by atoms with Gasteiger partial charge in [0.05, 0.1) is 5.92 Å². The van der Waals surface area contributed by atoms with Crippen LogP contribution in [0.3, 0.4) is 0 Å². The van der Waals surface area contributed by atoms with Crippen molar-refractivity contribution in [3.8, 4) is 11.5 Å². The molecule has 1 aromatic heterocycles. The Morgan fingerprint density at radius 3 is 2.52 bits per heavy atom. The Hall–Kier alpha value is -3.45. The van der Waals surface area contributed by atoms with Crippen LogP contribution < -0.4 is 11.1 Å². The minimum absolute atomic E-state index is 0.0683. The number of carbonyl (C=O) groups is 2. The van der Waals surface area contributed by atoms with Crippen LogP contribution >= 0.6 is 0 Å². The fraction of sp³-hybridized carbons (Fsp3) is 0.346. The first-order valence-corrected chi connectivity index (χ1v) is 11.5. The van der Waals surface area contributed by atoms with Gasteiger partial charge in [0, 0.05) is 30.3 Å². The summed E-state index contributed by atoms with van der Waals surface area (Å²) in [5.74, 6) is 0.890. The van der Waals surface area contributed by atoms with Gasteiger partial charge in [0.25, 0.3) is 5.91 Å². The lowest BCUT2D eigenvalue weighted by molar-refractivity contribution is -0.123. The predicted molar refractivity (Wildman–Crippen MR) is 126 cm³/mol. The molecule has 2 heterocycles. The second-order valence-corrected chi connectivity index (χ2v) is 9.00. The Balaban J connectivity index is 1.26. The average molecular weight is 445 g/mol. The molecule has 2 aliphatic rings. The topological polar surface area (TPSA) is 101 Å². The van der Waals surface area contributed by atoms with E-state index in [1.165, 1.54) is 0 Å². The monoisotopic (exact) mass is 444 g/mol. The van der Waals surface area contributed by atoms with Crippen molar-refractivity contribution in [1.82, 2.24) is 9.88 Å². The lowest BCUT2D eigenvalue weighted by atomic mass is 9.97. The van der Waals surface area contributed by atoms with Crippen LogP contribution in [0.4, 0.5) is 5.69 Å². The van der Waals surface area contributed by atoms with Gasteiger partial charge in [0.15, 0.2) is 5.69 Å². The van der Waals surface area contributed by atoms with E-state index in [0.717, 1.165) is 49.9 Å². The molecule has 170 valence electrons. The molecule has 1 aliphatic heterocycles. The third-order valence-corrected chi connectivity index (χ3v) is 6.36. The van der Waals surface area contributed by atoms with Crippen LogP contribution in [0.25, 0.3) is 11.5 Å². The first kappa shape index (κ1) is 21.4. The van der Waals surface area contributed by atoms with E-state index in [9.17, 15) is 9.59 Å². The number of hydrogen-bond acceptors (Lipinski definition) is 5. The SMILES string of the molecule is NC(=O)C1CCCN(Cc2ccc(NC(=O)c3nc(-c4ccccc4)oc3C3CC3)cc2)C1. The van der Waals surface area contributed by atoms with Gasteiger partial charge in [-0.2, -0.15) is 0 Å². The maximum atomic E-state index is 13.0. The van der Waals surface area contributed by atoms with Gasteiger partial charge in [-0.25, -0.2) is 4.98 Å². The van der Waals surface area contributed by atoms with Crippen LogP contribution in [-0.4, -0.2) is 34.8 Å². The molecule has 0 bridgehead atoms. The number of hydrogen-bond donors (Lipinski definition) is 2. The summed E-state index contributed by atoms with van der Waals surface area (Å²) in [6.07, 6.45) is 3.89. The van der Waals surface area contributed by atoms with Crippen molar-refractivity contribution in [2.45, 2.75) is 38.1 Å². The maximum Gasteiger partial charge on any atom is 0.277 e. The molecule has 1 unspecified atom stereocenters. The van der Waals surface area contributed by atoms with E-state index in [2.05, 4.69) is 15.2 Å². The van der Waals surface area contributed by atoms with Crippen molar-refractivity contribution >= 4 is 17.5 Å². The number of primary amides is 1. The molecule has 0 radical (unpaired) electrons. The predicted octanol–water partition coefficient (Wildman–Crippen LogP) is 4.17. The van der Waals surface area contributed by atoms with Crippen LogP contribution in [0.5, 0.6) is 0 Å². The number of amides is 2. The highest BCUT2D eigenvalue weighted by Gasteiger charge is 2.34. The quantitative estimate of drug-likeness (QED) is 0.570. The van der Waals surface area contributed by atoms with E-state index in [1.54, 1.807) is 0 Å².